The maximum absolute atomic E-state index is 11.9. The van der Waals surface area contributed by atoms with Crippen molar-refractivity contribution in [3.05, 3.63) is 0 Å². The molecule has 18 heavy (non-hydrogen) atoms. The van der Waals surface area contributed by atoms with Crippen LogP contribution < -0.4 is 10.6 Å². The van der Waals surface area contributed by atoms with Gasteiger partial charge in [0.1, 0.15) is 0 Å². The molecule has 1 amide bonds. The third kappa shape index (κ3) is 3.45. The van der Waals surface area contributed by atoms with Gasteiger partial charge in [0.2, 0.25) is 5.91 Å². The largest absolute Gasteiger partial charge is 0.373 e. The normalized spacial score (nSPS) is 31.9. The van der Waals surface area contributed by atoms with E-state index in [1.54, 1.807) is 0 Å². The molecule has 2 rings (SSSR count). The first kappa shape index (κ1) is 13.8. The van der Waals surface area contributed by atoms with Crippen LogP contribution in [0.2, 0.25) is 0 Å². The Morgan fingerprint density at radius 1 is 1.33 bits per heavy atom. The van der Waals surface area contributed by atoms with Gasteiger partial charge in [-0.25, -0.2) is 0 Å². The summed E-state index contributed by atoms with van der Waals surface area (Å²) in [5, 5.41) is 6.40. The molecular weight excluding hydrogens is 228 g/mol. The maximum atomic E-state index is 11.9. The number of fused-ring (bicyclic) bond motifs is 2. The molecule has 2 heterocycles. The van der Waals surface area contributed by atoms with Gasteiger partial charge in [-0.3, -0.25) is 4.79 Å². The molecule has 4 heteroatoms. The third-order valence-corrected chi connectivity index (χ3v) is 3.98. The highest BCUT2D eigenvalue weighted by molar-refractivity contribution is 5.81. The molecule has 0 aromatic heterocycles. The van der Waals surface area contributed by atoms with E-state index in [1.165, 1.54) is 6.42 Å². The highest BCUT2D eigenvalue weighted by Crippen LogP contribution is 2.34. The zero-order chi connectivity index (χ0) is 13.1. The minimum atomic E-state index is -0.120. The van der Waals surface area contributed by atoms with Crippen LogP contribution in [-0.4, -0.2) is 36.7 Å². The number of amides is 1. The molecule has 0 aromatic rings. The van der Waals surface area contributed by atoms with Crippen LogP contribution in [0.15, 0.2) is 0 Å². The zero-order valence-electron chi connectivity index (χ0n) is 11.7. The summed E-state index contributed by atoms with van der Waals surface area (Å²) in [4.78, 5) is 11.9. The molecule has 104 valence electrons. The number of hydrogen-bond donors (Lipinski definition) is 2. The van der Waals surface area contributed by atoms with Crippen LogP contribution in [0, 0.1) is 5.92 Å². The van der Waals surface area contributed by atoms with E-state index in [4.69, 9.17) is 4.74 Å². The highest BCUT2D eigenvalue weighted by atomic mass is 16.5. The topological polar surface area (TPSA) is 50.4 Å². The number of nitrogens with one attached hydrogen (secondary N) is 2. The average molecular weight is 254 g/mol. The lowest BCUT2D eigenvalue weighted by molar-refractivity contribution is -0.123. The van der Waals surface area contributed by atoms with Crippen LogP contribution in [0.4, 0.5) is 0 Å². The van der Waals surface area contributed by atoms with E-state index < -0.39 is 0 Å². The zero-order valence-corrected chi connectivity index (χ0v) is 11.7. The van der Waals surface area contributed by atoms with Crippen LogP contribution in [0.25, 0.3) is 0 Å². The van der Waals surface area contributed by atoms with Gasteiger partial charge in [-0.15, -0.1) is 0 Å². The van der Waals surface area contributed by atoms with E-state index in [-0.39, 0.29) is 11.9 Å². The van der Waals surface area contributed by atoms with Crippen molar-refractivity contribution in [2.75, 3.05) is 6.54 Å². The average Bonchev–Trinajstić information content (AvgIpc) is 2.90. The second-order valence-corrected chi connectivity index (χ2v) is 6.08. The Bertz CT molecular complexity index is 294. The molecule has 4 unspecified atom stereocenters. The van der Waals surface area contributed by atoms with Gasteiger partial charge in [0.25, 0.3) is 0 Å². The fourth-order valence-corrected chi connectivity index (χ4v) is 2.85. The monoisotopic (exact) mass is 254 g/mol. The Hall–Kier alpha value is -0.610. The summed E-state index contributed by atoms with van der Waals surface area (Å²) in [5.74, 6) is 0.742. The van der Waals surface area contributed by atoms with Gasteiger partial charge in [-0.05, 0) is 38.5 Å². The van der Waals surface area contributed by atoms with Gasteiger partial charge < -0.3 is 15.4 Å². The van der Waals surface area contributed by atoms with Crippen molar-refractivity contribution in [3.8, 4) is 0 Å². The van der Waals surface area contributed by atoms with Crippen LogP contribution in [0.3, 0.4) is 0 Å². The highest BCUT2D eigenvalue weighted by Gasteiger charge is 2.41. The second-order valence-electron chi connectivity index (χ2n) is 6.08. The first-order valence-electron chi connectivity index (χ1n) is 7.25. The van der Waals surface area contributed by atoms with E-state index in [2.05, 4.69) is 24.5 Å². The Balaban J connectivity index is 1.67. The quantitative estimate of drug-likeness (QED) is 0.754. The van der Waals surface area contributed by atoms with Gasteiger partial charge in [0, 0.05) is 12.6 Å². The molecule has 0 radical (unpaired) electrons. The summed E-state index contributed by atoms with van der Waals surface area (Å²) in [6.07, 6.45) is 5.20. The third-order valence-electron chi connectivity index (χ3n) is 3.98. The standard InChI is InChI=1S/C14H26N2O2/c1-9(2)6-7-15-14(17)10(3)16-12-8-11-4-5-13(12)18-11/h9-13,16H,4-8H2,1-3H3,(H,15,17). The van der Waals surface area contributed by atoms with Gasteiger partial charge in [-0.2, -0.15) is 0 Å². The number of carbonyl (C=O) groups excluding carboxylic acids is 1. The number of ether oxygens (including phenoxy) is 1. The first-order valence-corrected chi connectivity index (χ1v) is 7.25. The van der Waals surface area contributed by atoms with Crippen LogP contribution in [0.5, 0.6) is 0 Å². The summed E-state index contributed by atoms with van der Waals surface area (Å²) < 4.78 is 5.78. The van der Waals surface area contributed by atoms with E-state index in [0.717, 1.165) is 25.8 Å². The molecule has 2 fully saturated rings. The summed E-state index contributed by atoms with van der Waals surface area (Å²) in [6, 6.07) is 0.250. The van der Waals surface area contributed by atoms with Crippen molar-refractivity contribution >= 4 is 5.91 Å². The SMILES string of the molecule is CC(C)CCNC(=O)C(C)NC1CC2CCC1O2. The Kier molecular flexibility index (Phi) is 4.62. The van der Waals surface area contributed by atoms with E-state index in [0.29, 0.717) is 24.2 Å². The lowest BCUT2D eigenvalue weighted by Gasteiger charge is -2.24. The van der Waals surface area contributed by atoms with Crippen molar-refractivity contribution in [3.63, 3.8) is 0 Å². The lowest BCUT2D eigenvalue weighted by Crippen LogP contribution is -2.49. The van der Waals surface area contributed by atoms with E-state index in [1.807, 2.05) is 6.92 Å². The fraction of sp³-hybridized carbons (Fsp3) is 0.929. The van der Waals surface area contributed by atoms with Crippen LogP contribution in [0.1, 0.15) is 46.5 Å². The molecule has 0 saturated carbocycles. The fourth-order valence-electron chi connectivity index (χ4n) is 2.85. The van der Waals surface area contributed by atoms with Crippen molar-refractivity contribution in [2.24, 2.45) is 5.92 Å². The van der Waals surface area contributed by atoms with Gasteiger partial charge >= 0.3 is 0 Å². The maximum Gasteiger partial charge on any atom is 0.236 e. The molecule has 2 N–H and O–H groups in total. The number of carbonyl (C=O) groups is 1. The summed E-state index contributed by atoms with van der Waals surface area (Å²) in [7, 11) is 0. The molecule has 0 spiro atoms. The lowest BCUT2D eigenvalue weighted by atomic mass is 9.95. The minimum Gasteiger partial charge on any atom is -0.373 e. The van der Waals surface area contributed by atoms with Gasteiger partial charge in [0.15, 0.2) is 0 Å². The molecule has 2 bridgehead atoms. The smallest absolute Gasteiger partial charge is 0.236 e. The summed E-state index contributed by atoms with van der Waals surface area (Å²) >= 11 is 0. The van der Waals surface area contributed by atoms with Crippen LogP contribution >= 0.6 is 0 Å². The first-order chi connectivity index (χ1) is 8.56. The Morgan fingerprint density at radius 3 is 2.67 bits per heavy atom. The van der Waals surface area contributed by atoms with Gasteiger partial charge in [-0.1, -0.05) is 13.8 Å². The van der Waals surface area contributed by atoms with Crippen molar-refractivity contribution in [2.45, 2.75) is 70.7 Å². The molecule has 2 aliphatic rings. The predicted octanol–water partition coefficient (Wildman–Crippen LogP) is 1.45. The van der Waals surface area contributed by atoms with Gasteiger partial charge in [0.05, 0.1) is 18.2 Å². The molecule has 0 aliphatic carbocycles. The van der Waals surface area contributed by atoms with Crippen molar-refractivity contribution in [1.82, 2.24) is 10.6 Å². The minimum absolute atomic E-state index is 0.110. The predicted molar refractivity (Wildman–Crippen MR) is 71.4 cm³/mol. The van der Waals surface area contributed by atoms with Crippen molar-refractivity contribution < 1.29 is 9.53 Å². The Labute approximate surface area is 110 Å². The molecule has 4 nitrogen and oxygen atoms in total. The molecular formula is C14H26N2O2. The summed E-state index contributed by atoms with van der Waals surface area (Å²) in [6.45, 7) is 7.05. The Morgan fingerprint density at radius 2 is 2.11 bits per heavy atom. The molecule has 0 aromatic carbocycles. The number of hydrogen-bond acceptors (Lipinski definition) is 3. The van der Waals surface area contributed by atoms with E-state index in [9.17, 15) is 4.79 Å². The number of rotatable bonds is 6. The molecule has 4 atom stereocenters. The summed E-state index contributed by atoms with van der Waals surface area (Å²) in [5.41, 5.74) is 0. The molecule has 2 saturated heterocycles. The second kappa shape index (κ2) is 6.02. The molecule has 2 aliphatic heterocycles. The van der Waals surface area contributed by atoms with Crippen LogP contribution in [-0.2, 0) is 9.53 Å². The van der Waals surface area contributed by atoms with E-state index >= 15 is 0 Å². The van der Waals surface area contributed by atoms with Crippen molar-refractivity contribution in [1.29, 1.82) is 0 Å².